The maximum atomic E-state index is 12.5. The minimum absolute atomic E-state index is 0.111. The molecule has 1 aliphatic rings. The van der Waals surface area contributed by atoms with Crippen molar-refractivity contribution in [3.63, 3.8) is 0 Å². The van der Waals surface area contributed by atoms with Crippen molar-refractivity contribution in [1.82, 2.24) is 4.90 Å². The van der Waals surface area contributed by atoms with Crippen molar-refractivity contribution < 1.29 is 24.0 Å². The largest absolute Gasteiger partial charge is 0.463 e. The number of carbonyl (C=O) groups excluding carboxylic acids is 3. The smallest absolute Gasteiger partial charge is 0.333 e. The van der Waals surface area contributed by atoms with E-state index in [1.807, 2.05) is 0 Å². The highest BCUT2D eigenvalue weighted by atomic mass is 32.2. The van der Waals surface area contributed by atoms with Crippen molar-refractivity contribution in [1.29, 1.82) is 0 Å². The molecule has 1 aromatic carbocycles. The third kappa shape index (κ3) is 4.60. The summed E-state index contributed by atoms with van der Waals surface area (Å²) in [6.45, 7) is 3.37. The van der Waals surface area contributed by atoms with Gasteiger partial charge in [-0.1, -0.05) is 17.8 Å². The van der Waals surface area contributed by atoms with Gasteiger partial charge in [-0.3, -0.25) is 24.6 Å². The third-order valence-electron chi connectivity index (χ3n) is 3.47. The summed E-state index contributed by atoms with van der Waals surface area (Å²) in [5.41, 5.74) is 0.0809. The van der Waals surface area contributed by atoms with Gasteiger partial charge < -0.3 is 10.1 Å². The van der Waals surface area contributed by atoms with E-state index in [0.29, 0.717) is 5.03 Å². The number of thioether (sulfide) groups is 1. The van der Waals surface area contributed by atoms with E-state index in [0.717, 1.165) is 11.8 Å². The molecule has 1 aliphatic heterocycles. The van der Waals surface area contributed by atoms with Gasteiger partial charge in [0.2, 0.25) is 11.8 Å². The molecule has 138 valence electrons. The molecule has 0 aromatic heterocycles. The van der Waals surface area contributed by atoms with E-state index >= 15 is 0 Å². The predicted octanol–water partition coefficient (Wildman–Crippen LogP) is 1.90. The molecule has 0 aliphatic carbocycles. The number of nitrogens with one attached hydrogen (secondary N) is 1. The van der Waals surface area contributed by atoms with Crippen LogP contribution in [0.3, 0.4) is 0 Å². The van der Waals surface area contributed by atoms with Gasteiger partial charge in [-0.05, 0) is 19.9 Å². The number of hydrogen-bond acceptors (Lipinski definition) is 7. The number of esters is 1. The Balaban J connectivity index is 2.15. The molecule has 1 fully saturated rings. The lowest BCUT2D eigenvalue weighted by Crippen LogP contribution is -2.42. The first-order valence-corrected chi connectivity index (χ1v) is 8.70. The van der Waals surface area contributed by atoms with Crippen LogP contribution in [0.4, 0.5) is 11.4 Å². The number of hydrogen-bond donors (Lipinski definition) is 1. The van der Waals surface area contributed by atoms with E-state index in [2.05, 4.69) is 5.32 Å². The van der Waals surface area contributed by atoms with E-state index in [-0.39, 0.29) is 29.6 Å². The summed E-state index contributed by atoms with van der Waals surface area (Å²) in [7, 11) is 0. The van der Waals surface area contributed by atoms with Crippen LogP contribution in [-0.4, -0.2) is 46.0 Å². The lowest BCUT2D eigenvalue weighted by Gasteiger charge is -2.24. The first kappa shape index (κ1) is 19.4. The Kier molecular flexibility index (Phi) is 6.34. The SMILES string of the molecule is CCOC(=O)/C=C1\SCC(=O)N1C(C)C(=O)Nc1cccc([N+](=O)[O-])c1. The van der Waals surface area contributed by atoms with Crippen molar-refractivity contribution in [3.05, 3.63) is 45.5 Å². The molecule has 2 rings (SSSR count). The summed E-state index contributed by atoms with van der Waals surface area (Å²) in [6, 6.07) is 4.58. The number of anilines is 1. The van der Waals surface area contributed by atoms with Crippen molar-refractivity contribution >= 4 is 40.9 Å². The molecular weight excluding hydrogens is 362 g/mol. The van der Waals surface area contributed by atoms with Crippen molar-refractivity contribution in [2.24, 2.45) is 0 Å². The van der Waals surface area contributed by atoms with Crippen LogP contribution in [-0.2, 0) is 19.1 Å². The highest BCUT2D eigenvalue weighted by Gasteiger charge is 2.35. The molecule has 1 heterocycles. The van der Waals surface area contributed by atoms with Gasteiger partial charge in [0.15, 0.2) is 0 Å². The van der Waals surface area contributed by atoms with E-state index < -0.39 is 22.8 Å². The summed E-state index contributed by atoms with van der Waals surface area (Å²) in [4.78, 5) is 47.6. The second kappa shape index (κ2) is 8.48. The molecule has 1 saturated heterocycles. The number of amides is 2. The first-order chi connectivity index (χ1) is 12.3. The number of ether oxygens (including phenoxy) is 1. The quantitative estimate of drug-likeness (QED) is 0.347. The average Bonchev–Trinajstić information content (AvgIpc) is 2.94. The molecule has 0 spiro atoms. The van der Waals surface area contributed by atoms with Gasteiger partial charge in [0.25, 0.3) is 5.69 Å². The molecular formula is C16H17N3O6S. The summed E-state index contributed by atoms with van der Waals surface area (Å²) in [5, 5.41) is 13.7. The molecule has 0 radical (unpaired) electrons. The van der Waals surface area contributed by atoms with E-state index in [4.69, 9.17) is 4.74 Å². The van der Waals surface area contributed by atoms with Crippen molar-refractivity contribution in [2.75, 3.05) is 17.7 Å². The number of nitrogens with zero attached hydrogens (tertiary/aromatic N) is 2. The van der Waals surface area contributed by atoms with Gasteiger partial charge in [0.1, 0.15) is 6.04 Å². The normalized spacial score (nSPS) is 16.5. The lowest BCUT2D eigenvalue weighted by molar-refractivity contribution is -0.384. The number of nitro benzene ring substituents is 1. The van der Waals surface area contributed by atoms with E-state index in [1.54, 1.807) is 6.92 Å². The van der Waals surface area contributed by atoms with E-state index in [9.17, 15) is 24.5 Å². The molecule has 26 heavy (non-hydrogen) atoms. The van der Waals surface area contributed by atoms with Crippen LogP contribution in [0.2, 0.25) is 0 Å². The van der Waals surface area contributed by atoms with Crippen LogP contribution in [0, 0.1) is 10.1 Å². The average molecular weight is 379 g/mol. The van der Waals surface area contributed by atoms with Crippen LogP contribution in [0.15, 0.2) is 35.4 Å². The van der Waals surface area contributed by atoms with Crippen LogP contribution in [0.25, 0.3) is 0 Å². The number of benzene rings is 1. The van der Waals surface area contributed by atoms with Crippen molar-refractivity contribution in [2.45, 2.75) is 19.9 Å². The summed E-state index contributed by atoms with van der Waals surface area (Å²) in [6.07, 6.45) is 1.18. The van der Waals surface area contributed by atoms with Crippen LogP contribution >= 0.6 is 11.8 Å². The topological polar surface area (TPSA) is 119 Å². The molecule has 1 N–H and O–H groups in total. The number of carbonyl (C=O) groups is 3. The highest BCUT2D eigenvalue weighted by Crippen LogP contribution is 2.31. The monoisotopic (exact) mass is 379 g/mol. The molecule has 1 unspecified atom stereocenters. The molecule has 1 atom stereocenters. The fourth-order valence-electron chi connectivity index (χ4n) is 2.26. The number of non-ortho nitro benzene ring substituents is 1. The van der Waals surface area contributed by atoms with Crippen LogP contribution in [0.1, 0.15) is 13.8 Å². The van der Waals surface area contributed by atoms with Gasteiger partial charge in [-0.25, -0.2) is 4.79 Å². The number of nitro groups is 1. The molecule has 10 heteroatoms. The fourth-order valence-corrected chi connectivity index (χ4v) is 3.25. The van der Waals surface area contributed by atoms with Crippen molar-refractivity contribution in [3.8, 4) is 0 Å². The Morgan fingerprint density at radius 2 is 2.23 bits per heavy atom. The zero-order valence-corrected chi connectivity index (χ0v) is 14.9. The number of rotatable bonds is 6. The summed E-state index contributed by atoms with van der Waals surface area (Å²) < 4.78 is 4.83. The summed E-state index contributed by atoms with van der Waals surface area (Å²) in [5.74, 6) is -1.33. The lowest BCUT2D eigenvalue weighted by atomic mass is 10.2. The van der Waals surface area contributed by atoms with Gasteiger partial charge in [0, 0.05) is 17.8 Å². The van der Waals surface area contributed by atoms with Crippen LogP contribution in [0.5, 0.6) is 0 Å². The Labute approximate surface area is 153 Å². The highest BCUT2D eigenvalue weighted by molar-refractivity contribution is 8.04. The second-order valence-corrected chi connectivity index (χ2v) is 6.26. The zero-order chi connectivity index (χ0) is 19.3. The Bertz CT molecular complexity index is 779. The minimum atomic E-state index is -0.905. The molecule has 1 aromatic rings. The first-order valence-electron chi connectivity index (χ1n) is 7.72. The Hall–Kier alpha value is -2.88. The maximum Gasteiger partial charge on any atom is 0.333 e. The summed E-state index contributed by atoms with van der Waals surface area (Å²) >= 11 is 1.14. The third-order valence-corrected chi connectivity index (χ3v) is 4.47. The maximum absolute atomic E-state index is 12.5. The minimum Gasteiger partial charge on any atom is -0.463 e. The molecule has 0 bridgehead atoms. The zero-order valence-electron chi connectivity index (χ0n) is 14.1. The van der Waals surface area contributed by atoms with Crippen LogP contribution < -0.4 is 5.32 Å². The fraction of sp³-hybridized carbons (Fsp3) is 0.312. The van der Waals surface area contributed by atoms with Gasteiger partial charge >= 0.3 is 5.97 Å². The Morgan fingerprint density at radius 3 is 2.88 bits per heavy atom. The predicted molar refractivity (Wildman–Crippen MR) is 95.2 cm³/mol. The van der Waals surface area contributed by atoms with Gasteiger partial charge in [0.05, 0.1) is 28.4 Å². The van der Waals surface area contributed by atoms with Gasteiger partial charge in [-0.2, -0.15) is 0 Å². The Morgan fingerprint density at radius 1 is 1.50 bits per heavy atom. The molecule has 0 saturated carbocycles. The molecule has 9 nitrogen and oxygen atoms in total. The standard InChI is InChI=1S/C16H17N3O6S/c1-3-25-15(21)8-14-18(13(20)9-26-14)10(2)16(22)17-11-5-4-6-12(7-11)19(23)24/h4-8,10H,3,9H2,1-2H3,(H,17,22)/b14-8-. The molecule has 2 amide bonds. The van der Waals surface area contributed by atoms with Gasteiger partial charge in [-0.15, -0.1) is 0 Å². The second-order valence-electron chi connectivity index (χ2n) is 5.26. The van der Waals surface area contributed by atoms with E-state index in [1.165, 1.54) is 42.2 Å².